The van der Waals surface area contributed by atoms with Crippen molar-refractivity contribution in [2.75, 3.05) is 5.32 Å². The predicted molar refractivity (Wildman–Crippen MR) is 98.0 cm³/mol. The van der Waals surface area contributed by atoms with Crippen LogP contribution in [0.1, 0.15) is 20.0 Å². The highest BCUT2D eigenvalue weighted by molar-refractivity contribution is 7.17. The van der Waals surface area contributed by atoms with Gasteiger partial charge in [0.2, 0.25) is 0 Å². The molecule has 0 aliphatic rings. The Labute approximate surface area is 151 Å². The number of carbonyl (C=O) groups excluding carboxylic acids is 2. The van der Waals surface area contributed by atoms with Gasteiger partial charge in [0.15, 0.2) is 10.9 Å². The first-order valence-corrected chi connectivity index (χ1v) is 8.44. The van der Waals surface area contributed by atoms with Gasteiger partial charge in [0.1, 0.15) is 10.6 Å². The average Bonchev–Trinajstić information content (AvgIpc) is 3.32. The van der Waals surface area contributed by atoms with Crippen LogP contribution in [-0.2, 0) is 0 Å². The van der Waals surface area contributed by atoms with Crippen molar-refractivity contribution in [3.05, 3.63) is 65.4 Å². The van der Waals surface area contributed by atoms with E-state index in [4.69, 9.17) is 10.2 Å². The maximum atomic E-state index is 12.8. The zero-order valence-electron chi connectivity index (χ0n) is 13.3. The highest BCUT2D eigenvalue weighted by Gasteiger charge is 2.17. The molecule has 8 heteroatoms. The Morgan fingerprint density at radius 3 is 2.73 bits per heavy atom. The van der Waals surface area contributed by atoms with Crippen LogP contribution in [0.15, 0.2) is 59.3 Å². The number of thiazole rings is 1. The molecular weight excluding hydrogens is 352 g/mol. The Morgan fingerprint density at radius 1 is 1.15 bits per heavy atom. The molecule has 0 atom stereocenters. The number of aromatic nitrogens is 2. The zero-order valence-corrected chi connectivity index (χ0v) is 14.1. The molecule has 3 N–H and O–H groups in total. The summed E-state index contributed by atoms with van der Waals surface area (Å²) in [6.07, 6.45) is 2.88. The lowest BCUT2D eigenvalue weighted by molar-refractivity contribution is 0.100. The van der Waals surface area contributed by atoms with Gasteiger partial charge in [-0.2, -0.15) is 0 Å². The van der Waals surface area contributed by atoms with E-state index in [2.05, 4.69) is 15.3 Å². The fourth-order valence-corrected chi connectivity index (χ4v) is 3.19. The average molecular weight is 364 g/mol. The standard InChI is InChI=1S/C18H12N4O3S/c19-16(23)15-9-20-18(26-15)22-17(24)11-8-13(14-6-3-7-25-14)21-12-5-2-1-4-10(11)12/h1-9H,(H2,19,23)(H,20,22,24). The Balaban J connectivity index is 1.76. The van der Waals surface area contributed by atoms with Crippen molar-refractivity contribution in [2.24, 2.45) is 5.73 Å². The molecule has 0 bridgehead atoms. The summed E-state index contributed by atoms with van der Waals surface area (Å²) >= 11 is 1.02. The van der Waals surface area contributed by atoms with Gasteiger partial charge in [-0.1, -0.05) is 29.5 Å². The van der Waals surface area contributed by atoms with Crippen LogP contribution in [0.2, 0.25) is 0 Å². The van der Waals surface area contributed by atoms with Crippen LogP contribution in [0.5, 0.6) is 0 Å². The number of nitrogens with zero attached hydrogens (tertiary/aromatic N) is 2. The molecule has 0 aliphatic heterocycles. The first kappa shape index (κ1) is 16.0. The van der Waals surface area contributed by atoms with Gasteiger partial charge in [-0.15, -0.1) is 0 Å². The molecule has 0 saturated heterocycles. The van der Waals surface area contributed by atoms with E-state index in [1.54, 1.807) is 24.5 Å². The van der Waals surface area contributed by atoms with E-state index >= 15 is 0 Å². The van der Waals surface area contributed by atoms with Crippen molar-refractivity contribution in [1.82, 2.24) is 9.97 Å². The van der Waals surface area contributed by atoms with E-state index in [0.29, 0.717) is 33.1 Å². The molecule has 4 aromatic rings. The number of fused-ring (bicyclic) bond motifs is 1. The molecule has 0 aliphatic carbocycles. The van der Waals surface area contributed by atoms with Crippen molar-refractivity contribution in [3.63, 3.8) is 0 Å². The lowest BCUT2D eigenvalue weighted by atomic mass is 10.1. The topological polar surface area (TPSA) is 111 Å². The molecule has 0 radical (unpaired) electrons. The summed E-state index contributed by atoms with van der Waals surface area (Å²) in [6, 6.07) is 12.5. The number of hydrogen-bond donors (Lipinski definition) is 2. The summed E-state index contributed by atoms with van der Waals surface area (Å²) in [5.74, 6) is -0.380. The van der Waals surface area contributed by atoms with Crippen LogP contribution >= 0.6 is 11.3 Å². The first-order chi connectivity index (χ1) is 12.6. The summed E-state index contributed by atoms with van der Waals surface area (Å²) in [6.45, 7) is 0. The van der Waals surface area contributed by atoms with E-state index in [0.717, 1.165) is 11.3 Å². The molecule has 3 heterocycles. The number of pyridine rings is 1. The summed E-state index contributed by atoms with van der Waals surface area (Å²) in [5.41, 5.74) is 6.87. The first-order valence-electron chi connectivity index (χ1n) is 7.62. The quantitative estimate of drug-likeness (QED) is 0.577. The number of nitrogens with one attached hydrogen (secondary N) is 1. The SMILES string of the molecule is NC(=O)c1cnc(NC(=O)c2cc(-c3ccco3)nc3ccccc23)s1. The number of anilines is 1. The molecule has 0 saturated carbocycles. The summed E-state index contributed by atoms with van der Waals surface area (Å²) < 4.78 is 5.40. The van der Waals surface area contributed by atoms with Crippen LogP contribution in [0, 0.1) is 0 Å². The van der Waals surface area contributed by atoms with Gasteiger partial charge < -0.3 is 10.2 Å². The van der Waals surface area contributed by atoms with Crippen molar-refractivity contribution < 1.29 is 14.0 Å². The third-order valence-corrected chi connectivity index (χ3v) is 4.63. The number of benzene rings is 1. The lowest BCUT2D eigenvalue weighted by Gasteiger charge is -2.08. The minimum atomic E-state index is -0.586. The molecule has 7 nitrogen and oxygen atoms in total. The third-order valence-electron chi connectivity index (χ3n) is 3.70. The van der Waals surface area contributed by atoms with Crippen molar-refractivity contribution in [2.45, 2.75) is 0 Å². The highest BCUT2D eigenvalue weighted by Crippen LogP contribution is 2.26. The van der Waals surface area contributed by atoms with Crippen LogP contribution < -0.4 is 11.1 Å². The summed E-state index contributed by atoms with van der Waals surface area (Å²) in [5, 5.41) is 3.70. The molecule has 1 aromatic carbocycles. The number of rotatable bonds is 4. The minimum Gasteiger partial charge on any atom is -0.463 e. The van der Waals surface area contributed by atoms with E-state index in [9.17, 15) is 9.59 Å². The molecule has 128 valence electrons. The molecule has 0 fully saturated rings. The number of furan rings is 1. The maximum Gasteiger partial charge on any atom is 0.260 e. The van der Waals surface area contributed by atoms with Crippen molar-refractivity contribution in [1.29, 1.82) is 0 Å². The van der Waals surface area contributed by atoms with Gasteiger partial charge >= 0.3 is 0 Å². The second-order valence-electron chi connectivity index (χ2n) is 5.40. The van der Waals surface area contributed by atoms with E-state index in [1.807, 2.05) is 24.3 Å². The van der Waals surface area contributed by atoms with Gasteiger partial charge in [-0.05, 0) is 24.3 Å². The zero-order chi connectivity index (χ0) is 18.1. The van der Waals surface area contributed by atoms with Crippen LogP contribution in [0.4, 0.5) is 5.13 Å². The fraction of sp³-hybridized carbons (Fsp3) is 0. The smallest absolute Gasteiger partial charge is 0.260 e. The maximum absolute atomic E-state index is 12.8. The summed E-state index contributed by atoms with van der Waals surface area (Å²) in [7, 11) is 0. The van der Waals surface area contributed by atoms with E-state index < -0.39 is 5.91 Å². The van der Waals surface area contributed by atoms with Crippen LogP contribution in [0.25, 0.3) is 22.4 Å². The van der Waals surface area contributed by atoms with E-state index in [1.165, 1.54) is 6.20 Å². The minimum absolute atomic E-state index is 0.274. The number of para-hydroxylation sites is 1. The second-order valence-corrected chi connectivity index (χ2v) is 6.43. The number of nitrogens with two attached hydrogens (primary N) is 1. The second kappa shape index (κ2) is 6.41. The normalized spacial score (nSPS) is 10.8. The Morgan fingerprint density at radius 2 is 2.00 bits per heavy atom. The fourth-order valence-electron chi connectivity index (χ4n) is 2.52. The molecular formula is C18H12N4O3S. The van der Waals surface area contributed by atoms with Gasteiger partial charge in [-0.3, -0.25) is 14.9 Å². The van der Waals surface area contributed by atoms with Crippen LogP contribution in [0.3, 0.4) is 0 Å². The van der Waals surface area contributed by atoms with Gasteiger partial charge in [0.25, 0.3) is 11.8 Å². The monoisotopic (exact) mass is 364 g/mol. The molecule has 4 rings (SSSR count). The Bertz CT molecular complexity index is 1120. The number of carbonyl (C=O) groups is 2. The van der Waals surface area contributed by atoms with E-state index in [-0.39, 0.29) is 10.8 Å². The lowest BCUT2D eigenvalue weighted by Crippen LogP contribution is -2.13. The number of primary amides is 1. The summed E-state index contributed by atoms with van der Waals surface area (Å²) in [4.78, 5) is 32.8. The van der Waals surface area contributed by atoms with Crippen molar-refractivity contribution in [3.8, 4) is 11.5 Å². The molecule has 2 amide bonds. The third kappa shape index (κ3) is 2.93. The Kier molecular flexibility index (Phi) is 3.94. The van der Waals surface area contributed by atoms with Gasteiger partial charge in [0, 0.05) is 5.39 Å². The van der Waals surface area contributed by atoms with Gasteiger partial charge in [-0.25, -0.2) is 9.97 Å². The van der Waals surface area contributed by atoms with Crippen molar-refractivity contribution >= 4 is 39.2 Å². The predicted octanol–water partition coefficient (Wildman–Crippen LogP) is 3.30. The molecule has 26 heavy (non-hydrogen) atoms. The molecule has 3 aromatic heterocycles. The largest absolute Gasteiger partial charge is 0.463 e. The number of amides is 2. The number of hydrogen-bond acceptors (Lipinski definition) is 6. The van der Waals surface area contributed by atoms with Crippen LogP contribution in [-0.4, -0.2) is 21.8 Å². The molecule has 0 unspecified atom stereocenters. The highest BCUT2D eigenvalue weighted by atomic mass is 32.1. The molecule has 0 spiro atoms. The Hall–Kier alpha value is -3.52. The van der Waals surface area contributed by atoms with Gasteiger partial charge in [0.05, 0.1) is 23.5 Å².